The van der Waals surface area contributed by atoms with Crippen molar-refractivity contribution in [2.24, 2.45) is 0 Å². The number of carbonyl (C=O) groups excluding carboxylic acids is 2. The molecule has 1 heterocycles. The molecule has 0 aliphatic rings. The van der Waals surface area contributed by atoms with Crippen molar-refractivity contribution in [2.45, 2.75) is 26.8 Å². The van der Waals surface area contributed by atoms with Gasteiger partial charge in [-0.05, 0) is 69.3 Å². The maximum absolute atomic E-state index is 13.3. The number of aromatic nitrogens is 2. The average Bonchev–Trinajstić information content (AvgIpc) is 3.01. The van der Waals surface area contributed by atoms with Crippen molar-refractivity contribution in [3.05, 3.63) is 82.7 Å². The number of carbonyl (C=O) groups is 2. The first kappa shape index (κ1) is 21.2. The monoisotopic (exact) mass is 413 g/mol. The van der Waals surface area contributed by atoms with Crippen LogP contribution in [0.4, 0.5) is 8.78 Å². The van der Waals surface area contributed by atoms with E-state index in [0.29, 0.717) is 22.6 Å². The summed E-state index contributed by atoms with van der Waals surface area (Å²) in [6.07, 6.45) is 0. The van der Waals surface area contributed by atoms with Crippen LogP contribution in [0.1, 0.15) is 40.3 Å². The fourth-order valence-corrected chi connectivity index (χ4v) is 3.20. The fraction of sp³-hybridized carbons (Fsp3) is 0.227. The third-order valence-corrected chi connectivity index (χ3v) is 4.61. The summed E-state index contributed by atoms with van der Waals surface area (Å²) in [6.45, 7) is 5.25. The van der Waals surface area contributed by atoms with E-state index in [-0.39, 0.29) is 18.0 Å². The molecule has 0 bridgehead atoms. The van der Waals surface area contributed by atoms with Crippen LogP contribution in [0.25, 0.3) is 5.69 Å². The van der Waals surface area contributed by atoms with Gasteiger partial charge in [-0.2, -0.15) is 5.10 Å². The molecule has 3 aromatic rings. The van der Waals surface area contributed by atoms with Crippen molar-refractivity contribution < 1.29 is 23.1 Å². The summed E-state index contributed by atoms with van der Waals surface area (Å²) >= 11 is 0. The van der Waals surface area contributed by atoms with Crippen LogP contribution in [0, 0.1) is 25.5 Å². The third-order valence-electron chi connectivity index (χ3n) is 4.61. The van der Waals surface area contributed by atoms with E-state index in [4.69, 9.17) is 4.74 Å². The SMILES string of the molecule is CCOC(=O)[C@@H](NC(=O)c1ccc(F)cc1)c1c(C)nn(-c2ccc(F)cc2)c1C. The van der Waals surface area contributed by atoms with E-state index < -0.39 is 23.7 Å². The Morgan fingerprint density at radius 3 is 2.17 bits per heavy atom. The van der Waals surface area contributed by atoms with Crippen molar-refractivity contribution >= 4 is 11.9 Å². The van der Waals surface area contributed by atoms with Gasteiger partial charge in [0.05, 0.1) is 18.0 Å². The molecule has 0 aliphatic carbocycles. The Hall–Kier alpha value is -3.55. The molecule has 3 rings (SSSR count). The molecule has 0 saturated heterocycles. The molecule has 0 unspecified atom stereocenters. The second-order valence-corrected chi connectivity index (χ2v) is 6.64. The highest BCUT2D eigenvalue weighted by Gasteiger charge is 2.30. The number of hydrogen-bond donors (Lipinski definition) is 1. The molecule has 0 aliphatic heterocycles. The van der Waals surface area contributed by atoms with Crippen LogP contribution in [0.3, 0.4) is 0 Å². The molecule has 1 aromatic heterocycles. The van der Waals surface area contributed by atoms with Crippen LogP contribution in [0.15, 0.2) is 48.5 Å². The molecule has 6 nitrogen and oxygen atoms in total. The van der Waals surface area contributed by atoms with Gasteiger partial charge in [-0.25, -0.2) is 18.3 Å². The summed E-state index contributed by atoms with van der Waals surface area (Å²) in [5.41, 5.74) is 2.39. The molecule has 1 amide bonds. The lowest BCUT2D eigenvalue weighted by Gasteiger charge is -2.18. The van der Waals surface area contributed by atoms with E-state index in [1.54, 1.807) is 37.6 Å². The smallest absolute Gasteiger partial charge is 0.333 e. The van der Waals surface area contributed by atoms with Crippen LogP contribution in [-0.2, 0) is 9.53 Å². The highest BCUT2D eigenvalue weighted by atomic mass is 19.1. The normalized spacial score (nSPS) is 11.8. The molecular formula is C22H21F2N3O3. The fourth-order valence-electron chi connectivity index (χ4n) is 3.20. The van der Waals surface area contributed by atoms with Crippen molar-refractivity contribution in [3.63, 3.8) is 0 Å². The van der Waals surface area contributed by atoms with Crippen LogP contribution in [-0.4, -0.2) is 28.3 Å². The van der Waals surface area contributed by atoms with Gasteiger partial charge in [-0.1, -0.05) is 0 Å². The maximum Gasteiger partial charge on any atom is 0.333 e. The van der Waals surface area contributed by atoms with Crippen LogP contribution < -0.4 is 5.32 Å². The Kier molecular flexibility index (Phi) is 6.25. The zero-order valence-electron chi connectivity index (χ0n) is 16.8. The van der Waals surface area contributed by atoms with E-state index in [1.165, 1.54) is 24.3 Å². The predicted octanol–water partition coefficient (Wildman–Crippen LogP) is 3.80. The first-order valence-electron chi connectivity index (χ1n) is 9.37. The Balaban J connectivity index is 1.99. The third kappa shape index (κ3) is 4.37. The molecule has 1 atom stereocenters. The van der Waals surface area contributed by atoms with Crippen LogP contribution >= 0.6 is 0 Å². The number of nitrogens with one attached hydrogen (secondary N) is 1. The minimum atomic E-state index is -1.11. The molecule has 0 radical (unpaired) electrons. The number of aryl methyl sites for hydroxylation is 1. The number of halogens is 2. The first-order chi connectivity index (χ1) is 14.3. The number of benzene rings is 2. The van der Waals surface area contributed by atoms with E-state index >= 15 is 0 Å². The van der Waals surface area contributed by atoms with E-state index in [9.17, 15) is 18.4 Å². The van der Waals surface area contributed by atoms with Crippen molar-refractivity contribution in [1.29, 1.82) is 0 Å². The zero-order chi connectivity index (χ0) is 21.8. The van der Waals surface area contributed by atoms with Gasteiger partial charge in [-0.15, -0.1) is 0 Å². The summed E-state index contributed by atoms with van der Waals surface area (Å²) < 4.78 is 33.2. The van der Waals surface area contributed by atoms with Gasteiger partial charge >= 0.3 is 5.97 Å². The predicted molar refractivity (Wildman–Crippen MR) is 106 cm³/mol. The van der Waals surface area contributed by atoms with Crippen LogP contribution in [0.2, 0.25) is 0 Å². The number of esters is 1. The quantitative estimate of drug-likeness (QED) is 0.624. The number of ether oxygens (including phenoxy) is 1. The molecule has 30 heavy (non-hydrogen) atoms. The molecule has 0 saturated carbocycles. The van der Waals surface area contributed by atoms with Crippen molar-refractivity contribution in [1.82, 2.24) is 15.1 Å². The summed E-state index contributed by atoms with van der Waals surface area (Å²) in [5, 5.41) is 7.11. The summed E-state index contributed by atoms with van der Waals surface area (Å²) in [4.78, 5) is 25.4. The number of nitrogens with zero attached hydrogens (tertiary/aromatic N) is 2. The Bertz CT molecular complexity index is 1060. The van der Waals surface area contributed by atoms with E-state index in [1.807, 2.05) is 0 Å². The van der Waals surface area contributed by atoms with Gasteiger partial charge in [0.25, 0.3) is 5.91 Å². The Labute approximate surface area is 172 Å². The van der Waals surface area contributed by atoms with E-state index in [0.717, 1.165) is 12.1 Å². The summed E-state index contributed by atoms with van der Waals surface area (Å²) in [5.74, 6) is -2.04. The number of hydrogen-bond acceptors (Lipinski definition) is 4. The van der Waals surface area contributed by atoms with Gasteiger partial charge in [0, 0.05) is 16.8 Å². The van der Waals surface area contributed by atoms with Gasteiger partial charge in [0.2, 0.25) is 0 Å². The number of rotatable bonds is 6. The van der Waals surface area contributed by atoms with Crippen molar-refractivity contribution in [2.75, 3.05) is 6.61 Å². The Morgan fingerprint density at radius 1 is 1.03 bits per heavy atom. The second-order valence-electron chi connectivity index (χ2n) is 6.64. The molecule has 8 heteroatoms. The van der Waals surface area contributed by atoms with Gasteiger partial charge < -0.3 is 10.1 Å². The standard InChI is InChI=1S/C22H21F2N3O3/c1-4-30-22(29)20(25-21(28)15-5-7-16(23)8-6-15)19-13(2)26-27(14(19)3)18-11-9-17(24)10-12-18/h5-12,20H,4H2,1-3H3,(H,25,28)/t20-/m0/s1. The zero-order valence-corrected chi connectivity index (χ0v) is 16.8. The van der Waals surface area contributed by atoms with Crippen molar-refractivity contribution in [3.8, 4) is 5.69 Å². The molecule has 0 spiro atoms. The molecular weight excluding hydrogens is 392 g/mol. The second kappa shape index (κ2) is 8.86. The lowest BCUT2D eigenvalue weighted by molar-refractivity contribution is -0.145. The van der Waals surface area contributed by atoms with E-state index in [2.05, 4.69) is 10.4 Å². The summed E-state index contributed by atoms with van der Waals surface area (Å²) in [7, 11) is 0. The average molecular weight is 413 g/mol. The van der Waals surface area contributed by atoms with Gasteiger partial charge in [0.1, 0.15) is 11.6 Å². The minimum Gasteiger partial charge on any atom is -0.464 e. The molecule has 0 fully saturated rings. The largest absolute Gasteiger partial charge is 0.464 e. The minimum absolute atomic E-state index is 0.131. The topological polar surface area (TPSA) is 73.2 Å². The Morgan fingerprint density at radius 2 is 1.60 bits per heavy atom. The lowest BCUT2D eigenvalue weighted by Crippen LogP contribution is -2.35. The van der Waals surface area contributed by atoms with Crippen LogP contribution in [0.5, 0.6) is 0 Å². The number of amides is 1. The van der Waals surface area contributed by atoms with Gasteiger partial charge in [-0.3, -0.25) is 4.79 Å². The molecule has 2 aromatic carbocycles. The molecule has 156 valence electrons. The highest BCUT2D eigenvalue weighted by Crippen LogP contribution is 2.26. The summed E-state index contributed by atoms with van der Waals surface area (Å²) in [6, 6.07) is 9.62. The molecule has 1 N–H and O–H groups in total. The highest BCUT2D eigenvalue weighted by molar-refractivity contribution is 5.97. The maximum atomic E-state index is 13.3. The first-order valence-corrected chi connectivity index (χ1v) is 9.37. The lowest BCUT2D eigenvalue weighted by atomic mass is 10.0. The van der Waals surface area contributed by atoms with Gasteiger partial charge in [0.15, 0.2) is 6.04 Å².